The van der Waals surface area contributed by atoms with Gasteiger partial charge in [0, 0.05) is 5.69 Å². The van der Waals surface area contributed by atoms with Crippen molar-refractivity contribution in [2.24, 2.45) is 11.1 Å². The quantitative estimate of drug-likeness (QED) is 0.678. The van der Waals surface area contributed by atoms with E-state index in [0.717, 1.165) is 12.5 Å². The Labute approximate surface area is 118 Å². The number of nitrogens with one attached hydrogen (secondary N) is 2. The summed E-state index contributed by atoms with van der Waals surface area (Å²) in [6.07, 6.45) is 2.50. The third-order valence-corrected chi connectivity index (χ3v) is 3.76. The molecule has 0 radical (unpaired) electrons. The zero-order valence-corrected chi connectivity index (χ0v) is 11.9. The number of amides is 1. The van der Waals surface area contributed by atoms with Crippen LogP contribution in [0.1, 0.15) is 18.4 Å². The standard InChI is InChI=1S/C13H19N3O3S/c14-20(18,19)9-11-3-5-12(6-4-11)16-13(17)8-15-7-10-1-2-10/h3-6,10,15H,1-2,7-9H2,(H,16,17)(H2,14,18,19). The Balaban J connectivity index is 1.78. The zero-order chi connectivity index (χ0) is 14.6. The van der Waals surface area contributed by atoms with Gasteiger partial charge in [0.2, 0.25) is 15.9 Å². The van der Waals surface area contributed by atoms with Crippen molar-refractivity contribution in [2.75, 3.05) is 18.4 Å². The highest BCUT2D eigenvalue weighted by Crippen LogP contribution is 2.27. The van der Waals surface area contributed by atoms with E-state index in [4.69, 9.17) is 5.14 Å². The molecular formula is C13H19N3O3S. The van der Waals surface area contributed by atoms with Crippen molar-refractivity contribution in [3.05, 3.63) is 29.8 Å². The Morgan fingerprint density at radius 2 is 1.90 bits per heavy atom. The van der Waals surface area contributed by atoms with Crippen LogP contribution in [0.25, 0.3) is 0 Å². The largest absolute Gasteiger partial charge is 0.325 e. The van der Waals surface area contributed by atoms with Crippen LogP contribution in [0.2, 0.25) is 0 Å². The summed E-state index contributed by atoms with van der Waals surface area (Å²) in [4.78, 5) is 11.6. The third kappa shape index (κ3) is 5.68. The van der Waals surface area contributed by atoms with Crippen LogP contribution in [0.5, 0.6) is 0 Å². The van der Waals surface area contributed by atoms with E-state index in [1.54, 1.807) is 24.3 Å². The van der Waals surface area contributed by atoms with Gasteiger partial charge in [-0.3, -0.25) is 4.79 Å². The molecule has 0 atom stereocenters. The summed E-state index contributed by atoms with van der Waals surface area (Å²) in [5, 5.41) is 10.8. The lowest BCUT2D eigenvalue weighted by Crippen LogP contribution is -2.29. The van der Waals surface area contributed by atoms with Crippen molar-refractivity contribution >= 4 is 21.6 Å². The fourth-order valence-corrected chi connectivity index (χ4v) is 2.49. The zero-order valence-electron chi connectivity index (χ0n) is 11.1. The van der Waals surface area contributed by atoms with Gasteiger partial charge in [0.1, 0.15) is 0 Å². The van der Waals surface area contributed by atoms with Crippen molar-refractivity contribution in [3.63, 3.8) is 0 Å². The number of hydrogen-bond donors (Lipinski definition) is 3. The lowest BCUT2D eigenvalue weighted by atomic mass is 10.2. The number of carbonyl (C=O) groups is 1. The second-order valence-electron chi connectivity index (χ2n) is 5.13. The van der Waals surface area contributed by atoms with Crippen molar-refractivity contribution in [1.82, 2.24) is 5.32 Å². The minimum atomic E-state index is -3.52. The molecule has 0 spiro atoms. The highest BCUT2D eigenvalue weighted by atomic mass is 32.2. The Kier molecular flexibility index (Phi) is 4.74. The predicted molar refractivity (Wildman–Crippen MR) is 77.5 cm³/mol. The fraction of sp³-hybridized carbons (Fsp3) is 0.462. The fourth-order valence-electron chi connectivity index (χ4n) is 1.83. The van der Waals surface area contributed by atoms with Gasteiger partial charge in [-0.2, -0.15) is 0 Å². The number of carbonyl (C=O) groups excluding carboxylic acids is 1. The lowest BCUT2D eigenvalue weighted by molar-refractivity contribution is -0.115. The molecule has 1 saturated carbocycles. The first-order valence-electron chi connectivity index (χ1n) is 6.52. The summed E-state index contributed by atoms with van der Waals surface area (Å²) in [7, 11) is -3.52. The number of anilines is 1. The molecular weight excluding hydrogens is 278 g/mol. The summed E-state index contributed by atoms with van der Waals surface area (Å²) in [6.45, 7) is 1.18. The van der Waals surface area contributed by atoms with Crippen LogP contribution in [0.3, 0.4) is 0 Å². The van der Waals surface area contributed by atoms with Crippen LogP contribution in [0.4, 0.5) is 5.69 Å². The summed E-state index contributed by atoms with van der Waals surface area (Å²) < 4.78 is 21.9. The maximum Gasteiger partial charge on any atom is 0.238 e. The van der Waals surface area contributed by atoms with Crippen LogP contribution in [0, 0.1) is 5.92 Å². The Morgan fingerprint density at radius 1 is 1.25 bits per heavy atom. The van der Waals surface area contributed by atoms with Crippen LogP contribution in [-0.4, -0.2) is 27.4 Å². The molecule has 1 amide bonds. The summed E-state index contributed by atoms with van der Waals surface area (Å²) in [5.74, 6) is 0.426. The second kappa shape index (κ2) is 6.34. The first-order valence-corrected chi connectivity index (χ1v) is 8.24. The first kappa shape index (κ1) is 15.0. The van der Waals surface area contributed by atoms with E-state index >= 15 is 0 Å². The molecule has 7 heteroatoms. The SMILES string of the molecule is NS(=O)(=O)Cc1ccc(NC(=O)CNCC2CC2)cc1. The highest BCUT2D eigenvalue weighted by molar-refractivity contribution is 7.88. The molecule has 1 fully saturated rings. The van der Waals surface area contributed by atoms with E-state index < -0.39 is 10.0 Å². The topological polar surface area (TPSA) is 101 Å². The molecule has 110 valence electrons. The molecule has 0 aromatic heterocycles. The molecule has 2 rings (SSSR count). The molecule has 20 heavy (non-hydrogen) atoms. The van der Waals surface area contributed by atoms with Crippen LogP contribution >= 0.6 is 0 Å². The van der Waals surface area contributed by atoms with Gasteiger partial charge < -0.3 is 10.6 Å². The van der Waals surface area contributed by atoms with E-state index in [1.807, 2.05) is 0 Å². The van der Waals surface area contributed by atoms with Gasteiger partial charge >= 0.3 is 0 Å². The van der Waals surface area contributed by atoms with E-state index in [1.165, 1.54) is 12.8 Å². The molecule has 0 unspecified atom stereocenters. The average Bonchev–Trinajstić information content (AvgIpc) is 3.14. The van der Waals surface area contributed by atoms with Crippen LogP contribution in [0.15, 0.2) is 24.3 Å². The number of nitrogens with two attached hydrogens (primary N) is 1. The third-order valence-electron chi connectivity index (χ3n) is 3.02. The molecule has 1 aliphatic rings. The van der Waals surface area contributed by atoms with E-state index in [2.05, 4.69) is 10.6 Å². The van der Waals surface area contributed by atoms with E-state index in [-0.39, 0.29) is 18.2 Å². The van der Waals surface area contributed by atoms with Crippen molar-refractivity contribution in [2.45, 2.75) is 18.6 Å². The summed E-state index contributed by atoms with van der Waals surface area (Å²) in [6, 6.07) is 6.61. The van der Waals surface area contributed by atoms with Crippen molar-refractivity contribution < 1.29 is 13.2 Å². The van der Waals surface area contributed by atoms with Gasteiger partial charge in [-0.15, -0.1) is 0 Å². The minimum Gasteiger partial charge on any atom is -0.325 e. The summed E-state index contributed by atoms with van der Waals surface area (Å²) >= 11 is 0. The highest BCUT2D eigenvalue weighted by Gasteiger charge is 2.20. The number of hydrogen-bond acceptors (Lipinski definition) is 4. The number of sulfonamides is 1. The number of rotatable bonds is 7. The normalized spacial score (nSPS) is 15.1. The summed E-state index contributed by atoms with van der Waals surface area (Å²) in [5.41, 5.74) is 1.23. The van der Waals surface area contributed by atoms with Gasteiger partial charge in [-0.05, 0) is 43.0 Å². The monoisotopic (exact) mass is 297 g/mol. The first-order chi connectivity index (χ1) is 9.42. The molecule has 0 bridgehead atoms. The average molecular weight is 297 g/mol. The molecule has 1 aliphatic carbocycles. The Hall–Kier alpha value is -1.44. The van der Waals surface area contributed by atoms with Gasteiger partial charge in [-0.25, -0.2) is 13.6 Å². The number of primary sulfonamides is 1. The molecule has 4 N–H and O–H groups in total. The maximum absolute atomic E-state index is 11.6. The minimum absolute atomic E-state index is 0.107. The van der Waals surface area contributed by atoms with Crippen LogP contribution in [-0.2, 0) is 20.6 Å². The molecule has 1 aromatic rings. The Morgan fingerprint density at radius 3 is 2.45 bits per heavy atom. The smallest absolute Gasteiger partial charge is 0.238 e. The lowest BCUT2D eigenvalue weighted by Gasteiger charge is -2.07. The molecule has 0 aliphatic heterocycles. The Bertz CT molecular complexity index is 565. The molecule has 1 aromatic carbocycles. The molecule has 6 nitrogen and oxygen atoms in total. The van der Waals surface area contributed by atoms with Crippen molar-refractivity contribution in [1.29, 1.82) is 0 Å². The van der Waals surface area contributed by atoms with Gasteiger partial charge in [-0.1, -0.05) is 12.1 Å². The molecule has 0 heterocycles. The van der Waals surface area contributed by atoms with Gasteiger partial charge in [0.25, 0.3) is 0 Å². The van der Waals surface area contributed by atoms with Crippen LogP contribution < -0.4 is 15.8 Å². The number of benzene rings is 1. The maximum atomic E-state index is 11.6. The van der Waals surface area contributed by atoms with Gasteiger partial charge in [0.05, 0.1) is 12.3 Å². The van der Waals surface area contributed by atoms with E-state index in [0.29, 0.717) is 11.3 Å². The predicted octanol–water partition coefficient (Wildman–Crippen LogP) is 0.413. The molecule has 0 saturated heterocycles. The van der Waals surface area contributed by atoms with Gasteiger partial charge in [0.15, 0.2) is 0 Å². The van der Waals surface area contributed by atoms with E-state index in [9.17, 15) is 13.2 Å². The van der Waals surface area contributed by atoms with Crippen molar-refractivity contribution in [3.8, 4) is 0 Å². The second-order valence-corrected chi connectivity index (χ2v) is 6.74.